The molecule has 1 fully saturated rings. The predicted molar refractivity (Wildman–Crippen MR) is 143 cm³/mol. The van der Waals surface area contributed by atoms with E-state index < -0.39 is 43.9 Å². The van der Waals surface area contributed by atoms with Crippen LogP contribution in [0.25, 0.3) is 21.6 Å². The molecule has 0 aliphatic carbocycles. The monoisotopic (exact) mass is 613 g/mol. The van der Waals surface area contributed by atoms with Crippen LogP contribution >= 0.6 is 31.6 Å². The van der Waals surface area contributed by atoms with Crippen LogP contribution in [0.3, 0.4) is 0 Å². The van der Waals surface area contributed by atoms with E-state index in [0.29, 0.717) is 21.6 Å². The van der Waals surface area contributed by atoms with Gasteiger partial charge in [0.1, 0.15) is 0 Å². The number of ether oxygens (including phenoxy) is 2. The van der Waals surface area contributed by atoms with Gasteiger partial charge in [-0.3, -0.25) is 0 Å². The third kappa shape index (κ3) is 5.45. The van der Waals surface area contributed by atoms with Crippen molar-refractivity contribution >= 4 is 54.5 Å². The second-order valence-corrected chi connectivity index (χ2v) is 14.3. The number of carbonyl (C=O) groups is 2. The number of rotatable bonds is 5. The molecule has 3 heterocycles. The summed E-state index contributed by atoms with van der Waals surface area (Å²) in [4.78, 5) is 35.4. The number of carboxylic acid groups (broad SMARTS) is 1. The van der Waals surface area contributed by atoms with E-state index in [2.05, 4.69) is 4.98 Å². The number of pyridine rings is 1. The zero-order valence-electron chi connectivity index (χ0n) is 20.4. The van der Waals surface area contributed by atoms with E-state index in [1.165, 1.54) is 16.2 Å². The molecule has 1 aliphatic rings. The molecular weight excluding hydrogens is 585 g/mol. The van der Waals surface area contributed by atoms with Gasteiger partial charge in [0.25, 0.3) is 0 Å². The number of halogens is 1. The minimum atomic E-state index is -2.40. The molecule has 0 unspecified atom stereocenters. The second-order valence-electron chi connectivity index (χ2n) is 9.15. The molecule has 4 rings (SSSR count). The molecule has 0 spiro atoms. The summed E-state index contributed by atoms with van der Waals surface area (Å²) in [6.45, 7) is 9.13. The fourth-order valence-corrected chi connectivity index (χ4v) is 9.38. The molecule has 1 amide bonds. The van der Waals surface area contributed by atoms with Gasteiger partial charge in [-0.25, -0.2) is 0 Å². The average molecular weight is 613 g/mol. The van der Waals surface area contributed by atoms with Gasteiger partial charge in [0.15, 0.2) is 0 Å². The summed E-state index contributed by atoms with van der Waals surface area (Å²) >= 11 is -0.901. The summed E-state index contributed by atoms with van der Waals surface area (Å²) in [6.07, 6.45) is -0.632. The zero-order valence-corrected chi connectivity index (χ0v) is 23.4. The average Bonchev–Trinajstić information content (AvgIpc) is 3.40. The first-order chi connectivity index (χ1) is 16.5. The van der Waals surface area contributed by atoms with Crippen molar-refractivity contribution in [3.05, 3.63) is 34.8 Å². The van der Waals surface area contributed by atoms with E-state index in [1.54, 1.807) is 27.9 Å². The zero-order chi connectivity index (χ0) is 25.5. The number of nitrogens with zero attached hydrogens (tertiary/aromatic N) is 3. The summed E-state index contributed by atoms with van der Waals surface area (Å²) in [6, 6.07) is 4.65. The van der Waals surface area contributed by atoms with Crippen LogP contribution in [0.2, 0.25) is 0 Å². The number of aliphatic carboxylic acids is 1. The summed E-state index contributed by atoms with van der Waals surface area (Å²) in [5.74, 6) is 0.271. The normalized spacial score (nSPS) is 17.0. The van der Waals surface area contributed by atoms with Gasteiger partial charge in [-0.1, -0.05) is 0 Å². The van der Waals surface area contributed by atoms with Crippen molar-refractivity contribution in [2.75, 3.05) is 16.1 Å². The first-order valence-corrected chi connectivity index (χ1v) is 15.7. The predicted octanol–water partition coefficient (Wildman–Crippen LogP) is 5.45. The first-order valence-electron chi connectivity index (χ1n) is 10.9. The Labute approximate surface area is 215 Å². The van der Waals surface area contributed by atoms with Gasteiger partial charge < -0.3 is 0 Å². The van der Waals surface area contributed by atoms with Gasteiger partial charge in [0, 0.05) is 0 Å². The number of methoxy groups -OCH3 is 1. The van der Waals surface area contributed by atoms with Crippen LogP contribution in [-0.4, -0.2) is 59.8 Å². The Morgan fingerprint density at radius 3 is 2.54 bits per heavy atom. The molecule has 1 atom stereocenters. The summed E-state index contributed by atoms with van der Waals surface area (Å²) < 4.78 is 18.0. The number of carboxylic acids is 1. The SMILES string of the molecule is COc1ccc2c(OI3C[C@@H](C(=O)O)N(C(=O)OC(C)(C)C)C3)cc(-c3nc(C)cs3)nc2c1C. The number of thiazole rings is 1. The van der Waals surface area contributed by atoms with Crippen molar-refractivity contribution in [3.63, 3.8) is 0 Å². The van der Waals surface area contributed by atoms with Crippen LogP contribution in [-0.2, 0) is 9.53 Å². The Morgan fingerprint density at radius 1 is 1.20 bits per heavy atom. The van der Waals surface area contributed by atoms with Crippen molar-refractivity contribution in [1.29, 1.82) is 0 Å². The minimum absolute atomic E-state index is 0.250. The van der Waals surface area contributed by atoms with Gasteiger partial charge in [-0.15, -0.1) is 0 Å². The topological polar surface area (TPSA) is 111 Å². The van der Waals surface area contributed by atoms with E-state index in [9.17, 15) is 14.7 Å². The molecule has 2 aromatic heterocycles. The van der Waals surface area contributed by atoms with E-state index >= 15 is 0 Å². The van der Waals surface area contributed by atoms with E-state index in [0.717, 1.165) is 27.2 Å². The molecule has 35 heavy (non-hydrogen) atoms. The van der Waals surface area contributed by atoms with Crippen molar-refractivity contribution in [3.8, 4) is 22.2 Å². The van der Waals surface area contributed by atoms with E-state index in [1.807, 2.05) is 37.4 Å². The molecule has 0 saturated carbocycles. The second kappa shape index (κ2) is 9.76. The van der Waals surface area contributed by atoms with Gasteiger partial charge >= 0.3 is 216 Å². The third-order valence-corrected chi connectivity index (χ3v) is 10.7. The Hall–Kier alpha value is -2.67. The number of fused-ring (bicyclic) bond motifs is 1. The Balaban J connectivity index is 1.72. The Morgan fingerprint density at radius 2 is 1.94 bits per heavy atom. The van der Waals surface area contributed by atoms with Crippen LogP contribution in [0.5, 0.6) is 11.5 Å². The molecule has 1 N–H and O–H groups in total. The van der Waals surface area contributed by atoms with Crippen LogP contribution in [0.15, 0.2) is 23.6 Å². The van der Waals surface area contributed by atoms with Gasteiger partial charge in [-0.05, 0) is 0 Å². The Kier molecular flexibility index (Phi) is 7.09. The molecule has 0 radical (unpaired) electrons. The van der Waals surface area contributed by atoms with Gasteiger partial charge in [0.2, 0.25) is 0 Å². The van der Waals surface area contributed by atoms with Crippen LogP contribution in [0.1, 0.15) is 32.0 Å². The standard InChI is InChI=1S/C24H28IN3O6S/c1-13-11-35-21(26-13)16-9-19(15-7-8-18(32-6)14(2)20(15)27-16)34-25-10-17(22(29)30)28(12-25)23(31)33-24(3,4)5/h7-9,11,17H,10,12H2,1-6H3,(H,29,30)/t17-/m0/s1. The molecule has 1 aliphatic heterocycles. The number of hydrogen-bond donors (Lipinski definition) is 1. The van der Waals surface area contributed by atoms with E-state index in [-0.39, 0.29) is 4.55 Å². The molecule has 11 heteroatoms. The van der Waals surface area contributed by atoms with Crippen molar-refractivity contribution < 1.29 is 27.2 Å². The van der Waals surface area contributed by atoms with E-state index in [4.69, 9.17) is 17.5 Å². The maximum atomic E-state index is 12.7. The molecule has 9 nitrogen and oxygen atoms in total. The number of alkyl halides is 2. The van der Waals surface area contributed by atoms with Crippen LogP contribution in [0.4, 0.5) is 4.79 Å². The third-order valence-electron chi connectivity index (χ3n) is 5.27. The number of hydrogen-bond acceptors (Lipinski definition) is 8. The molecule has 188 valence electrons. The van der Waals surface area contributed by atoms with Crippen molar-refractivity contribution in [2.24, 2.45) is 0 Å². The molecular formula is C24H28IN3O6S. The number of aryl methyl sites for hydroxylation is 2. The van der Waals surface area contributed by atoms with Crippen molar-refractivity contribution in [1.82, 2.24) is 14.9 Å². The number of aromatic nitrogens is 2. The first kappa shape index (κ1) is 25.4. The maximum absolute atomic E-state index is 12.7. The van der Waals surface area contributed by atoms with Gasteiger partial charge in [-0.2, -0.15) is 0 Å². The van der Waals surface area contributed by atoms with Gasteiger partial charge in [0.05, 0.1) is 0 Å². The quantitative estimate of drug-likeness (QED) is 0.230. The number of carbonyl (C=O) groups excluding carboxylic acids is 1. The van der Waals surface area contributed by atoms with Crippen LogP contribution in [0, 0.1) is 13.8 Å². The summed E-state index contributed by atoms with van der Waals surface area (Å²) in [5, 5.41) is 13.3. The summed E-state index contributed by atoms with van der Waals surface area (Å²) in [7, 11) is 1.61. The number of benzene rings is 1. The molecule has 1 aromatic carbocycles. The molecule has 3 aromatic rings. The molecule has 1 saturated heterocycles. The summed E-state index contributed by atoms with van der Waals surface area (Å²) in [5.41, 5.74) is 2.47. The number of amides is 1. The van der Waals surface area contributed by atoms with Crippen molar-refractivity contribution in [2.45, 2.75) is 46.3 Å². The Bertz CT molecular complexity index is 1290. The fourth-order valence-electron chi connectivity index (χ4n) is 3.64. The fraction of sp³-hybridized carbons (Fsp3) is 0.417. The molecule has 0 bridgehead atoms. The van der Waals surface area contributed by atoms with Crippen LogP contribution < -0.4 is 7.80 Å².